The van der Waals surface area contributed by atoms with E-state index in [1.54, 1.807) is 0 Å². The second kappa shape index (κ2) is 8.43. The van der Waals surface area contributed by atoms with Gasteiger partial charge in [0.25, 0.3) is 0 Å². The van der Waals surface area contributed by atoms with Crippen molar-refractivity contribution < 1.29 is 9.53 Å². The maximum Gasteiger partial charge on any atom is 0.216 e. The molecule has 0 unspecified atom stereocenters. The summed E-state index contributed by atoms with van der Waals surface area (Å²) in [7, 11) is 4.01. The fourth-order valence-electron chi connectivity index (χ4n) is 1.87. The molecular formula is C15H25N3O2. The Morgan fingerprint density at radius 1 is 1.30 bits per heavy atom. The van der Waals surface area contributed by atoms with E-state index >= 15 is 0 Å². The van der Waals surface area contributed by atoms with Gasteiger partial charge in [0.15, 0.2) is 0 Å². The van der Waals surface area contributed by atoms with Crippen molar-refractivity contribution in [3.8, 4) is 5.75 Å². The van der Waals surface area contributed by atoms with Crippen molar-refractivity contribution in [2.45, 2.75) is 20.4 Å². The number of carbonyl (C=O) groups is 1. The van der Waals surface area contributed by atoms with Gasteiger partial charge < -0.3 is 20.3 Å². The number of rotatable bonds is 8. The maximum atomic E-state index is 10.7. The number of amides is 1. The molecule has 0 radical (unpaired) electrons. The molecule has 0 atom stereocenters. The first-order chi connectivity index (χ1) is 9.54. The molecule has 0 aliphatic heterocycles. The van der Waals surface area contributed by atoms with Crippen molar-refractivity contribution >= 4 is 11.6 Å². The van der Waals surface area contributed by atoms with Gasteiger partial charge in [0, 0.05) is 40.7 Å². The Labute approximate surface area is 121 Å². The molecule has 1 aromatic rings. The highest BCUT2D eigenvalue weighted by Crippen LogP contribution is 2.28. The zero-order chi connectivity index (χ0) is 15.0. The molecule has 5 heteroatoms. The van der Waals surface area contributed by atoms with Gasteiger partial charge in [0.2, 0.25) is 5.91 Å². The Morgan fingerprint density at radius 3 is 2.65 bits per heavy atom. The summed E-state index contributed by atoms with van der Waals surface area (Å²) in [6.45, 7) is 6.31. The average Bonchev–Trinajstić information content (AvgIpc) is 2.38. The average molecular weight is 279 g/mol. The van der Waals surface area contributed by atoms with Gasteiger partial charge in [-0.25, -0.2) is 0 Å². The van der Waals surface area contributed by atoms with E-state index in [-0.39, 0.29) is 5.91 Å². The Kier molecular flexibility index (Phi) is 6.87. The Hall–Kier alpha value is -1.75. The van der Waals surface area contributed by atoms with Crippen LogP contribution in [-0.4, -0.2) is 39.7 Å². The van der Waals surface area contributed by atoms with Crippen LogP contribution < -0.4 is 20.3 Å². The van der Waals surface area contributed by atoms with Gasteiger partial charge in [-0.15, -0.1) is 0 Å². The second-order valence-electron chi connectivity index (χ2n) is 4.79. The van der Waals surface area contributed by atoms with Gasteiger partial charge >= 0.3 is 0 Å². The van der Waals surface area contributed by atoms with Crippen molar-refractivity contribution in [1.82, 2.24) is 10.6 Å². The van der Waals surface area contributed by atoms with Gasteiger partial charge in [0.1, 0.15) is 5.75 Å². The fraction of sp³-hybridized carbons (Fsp3) is 0.533. The summed E-state index contributed by atoms with van der Waals surface area (Å²) in [6, 6.07) is 6.21. The number of carbonyl (C=O) groups excluding carboxylic acids is 1. The summed E-state index contributed by atoms with van der Waals surface area (Å²) < 4.78 is 5.67. The van der Waals surface area contributed by atoms with E-state index < -0.39 is 0 Å². The predicted molar refractivity (Wildman–Crippen MR) is 82.3 cm³/mol. The topological polar surface area (TPSA) is 53.6 Å². The van der Waals surface area contributed by atoms with Gasteiger partial charge in [-0.2, -0.15) is 0 Å². The quantitative estimate of drug-likeness (QED) is 0.706. The normalized spacial score (nSPS) is 10.2. The lowest BCUT2D eigenvalue weighted by atomic mass is 10.1. The molecule has 2 N–H and O–H groups in total. The summed E-state index contributed by atoms with van der Waals surface area (Å²) >= 11 is 0. The molecule has 1 amide bonds. The van der Waals surface area contributed by atoms with Crippen molar-refractivity contribution in [2.75, 3.05) is 38.7 Å². The number of nitrogens with one attached hydrogen (secondary N) is 2. The second-order valence-corrected chi connectivity index (χ2v) is 4.79. The molecule has 0 heterocycles. The maximum absolute atomic E-state index is 10.7. The minimum Gasteiger partial charge on any atom is -0.492 e. The molecular weight excluding hydrogens is 254 g/mol. The summed E-state index contributed by atoms with van der Waals surface area (Å²) in [4.78, 5) is 12.8. The highest BCUT2D eigenvalue weighted by Gasteiger charge is 2.06. The molecule has 1 aromatic carbocycles. The van der Waals surface area contributed by atoms with Crippen molar-refractivity contribution in [3.05, 3.63) is 23.8 Å². The summed E-state index contributed by atoms with van der Waals surface area (Å²) in [5.41, 5.74) is 2.25. The number of nitrogens with zero attached hydrogens (tertiary/aromatic N) is 1. The Balaban J connectivity index is 2.54. The van der Waals surface area contributed by atoms with Crippen molar-refractivity contribution in [3.63, 3.8) is 0 Å². The van der Waals surface area contributed by atoms with E-state index in [1.165, 1.54) is 12.5 Å². The molecule has 0 aromatic heterocycles. The lowest BCUT2D eigenvalue weighted by Gasteiger charge is -2.18. The molecule has 1 rings (SSSR count). The Bertz CT molecular complexity index is 433. The van der Waals surface area contributed by atoms with E-state index in [9.17, 15) is 4.79 Å². The first kappa shape index (κ1) is 16.3. The van der Waals surface area contributed by atoms with Gasteiger partial charge in [-0.1, -0.05) is 6.07 Å². The van der Waals surface area contributed by atoms with Crippen LogP contribution >= 0.6 is 0 Å². The molecule has 112 valence electrons. The van der Waals surface area contributed by atoms with E-state index in [2.05, 4.69) is 28.8 Å². The highest BCUT2D eigenvalue weighted by molar-refractivity contribution is 5.72. The van der Waals surface area contributed by atoms with Crippen LogP contribution in [0.3, 0.4) is 0 Å². The molecule has 0 aliphatic carbocycles. The first-order valence-corrected chi connectivity index (χ1v) is 6.92. The van der Waals surface area contributed by atoms with E-state index in [4.69, 9.17) is 4.74 Å². The third-order valence-corrected chi connectivity index (χ3v) is 2.81. The molecule has 0 bridgehead atoms. The predicted octanol–water partition coefficient (Wildman–Crippen LogP) is 1.38. The zero-order valence-corrected chi connectivity index (χ0v) is 12.8. The monoisotopic (exact) mass is 279 g/mol. The summed E-state index contributed by atoms with van der Waals surface area (Å²) in [5, 5.41) is 6.05. The smallest absolute Gasteiger partial charge is 0.216 e. The first-order valence-electron chi connectivity index (χ1n) is 6.92. The van der Waals surface area contributed by atoms with Crippen LogP contribution in [0.15, 0.2) is 18.2 Å². The van der Waals surface area contributed by atoms with E-state index in [0.717, 1.165) is 24.5 Å². The van der Waals surface area contributed by atoms with Crippen LogP contribution in [-0.2, 0) is 11.3 Å². The third kappa shape index (κ3) is 5.48. The van der Waals surface area contributed by atoms with Crippen LogP contribution in [0.25, 0.3) is 0 Å². The minimum absolute atomic E-state index is 0.000711. The molecule has 0 spiro atoms. The van der Waals surface area contributed by atoms with Gasteiger partial charge in [-0.3, -0.25) is 4.79 Å². The standard InChI is InChI=1S/C15H25N3O2/c1-5-20-15-10-13(6-7-14(15)18(3)4)11-16-8-9-17-12(2)19/h6-7,10,16H,5,8-9,11H2,1-4H3,(H,17,19). The van der Waals surface area contributed by atoms with Crippen LogP contribution in [0.4, 0.5) is 5.69 Å². The highest BCUT2D eigenvalue weighted by atomic mass is 16.5. The summed E-state index contributed by atoms with van der Waals surface area (Å²) in [5.74, 6) is 0.902. The molecule has 20 heavy (non-hydrogen) atoms. The molecule has 5 nitrogen and oxygen atoms in total. The molecule has 0 saturated carbocycles. The lowest BCUT2D eigenvalue weighted by Crippen LogP contribution is -2.29. The number of anilines is 1. The largest absolute Gasteiger partial charge is 0.492 e. The van der Waals surface area contributed by atoms with Crippen molar-refractivity contribution in [1.29, 1.82) is 0 Å². The fourth-order valence-corrected chi connectivity index (χ4v) is 1.87. The molecule has 0 saturated heterocycles. The Morgan fingerprint density at radius 2 is 2.05 bits per heavy atom. The number of hydrogen-bond donors (Lipinski definition) is 2. The lowest BCUT2D eigenvalue weighted by molar-refractivity contribution is -0.118. The van der Waals surface area contributed by atoms with E-state index in [1.807, 2.05) is 25.9 Å². The number of ether oxygens (including phenoxy) is 1. The van der Waals surface area contributed by atoms with Crippen LogP contribution in [0.1, 0.15) is 19.4 Å². The van der Waals surface area contributed by atoms with E-state index in [0.29, 0.717) is 13.2 Å². The van der Waals surface area contributed by atoms with Crippen LogP contribution in [0, 0.1) is 0 Å². The summed E-state index contributed by atoms with van der Waals surface area (Å²) in [6.07, 6.45) is 0. The van der Waals surface area contributed by atoms with Gasteiger partial charge in [-0.05, 0) is 24.6 Å². The van der Waals surface area contributed by atoms with Crippen LogP contribution in [0.5, 0.6) is 5.75 Å². The molecule has 0 aliphatic rings. The third-order valence-electron chi connectivity index (χ3n) is 2.81. The number of benzene rings is 1. The minimum atomic E-state index is 0.000711. The zero-order valence-electron chi connectivity index (χ0n) is 12.8. The number of hydrogen-bond acceptors (Lipinski definition) is 4. The molecule has 0 fully saturated rings. The van der Waals surface area contributed by atoms with Crippen molar-refractivity contribution in [2.24, 2.45) is 0 Å². The SMILES string of the molecule is CCOc1cc(CNCCNC(C)=O)ccc1N(C)C. The van der Waals surface area contributed by atoms with Crippen LogP contribution in [0.2, 0.25) is 0 Å². The van der Waals surface area contributed by atoms with Gasteiger partial charge in [0.05, 0.1) is 12.3 Å².